The topological polar surface area (TPSA) is 45.5 Å². The molecule has 1 aliphatic heterocycles. The van der Waals surface area contributed by atoms with Crippen LogP contribution in [0.5, 0.6) is 11.5 Å². The average molecular weight is 413 g/mol. The van der Waals surface area contributed by atoms with Crippen molar-refractivity contribution in [3.8, 4) is 17.6 Å². The third-order valence-electron chi connectivity index (χ3n) is 5.66. The number of fused-ring (bicyclic) bond motifs is 1. The predicted octanol–water partition coefficient (Wildman–Crippen LogP) is 5.35. The van der Waals surface area contributed by atoms with E-state index in [0.717, 1.165) is 42.8 Å². The number of hydrogen-bond donors (Lipinski definition) is 0. The lowest BCUT2D eigenvalue weighted by Crippen LogP contribution is -2.43. The average Bonchev–Trinajstić information content (AvgIpc) is 2.83. The molecule has 3 aromatic carbocycles. The van der Waals surface area contributed by atoms with E-state index in [1.807, 2.05) is 42.5 Å². The summed E-state index contributed by atoms with van der Waals surface area (Å²) in [5.41, 5.74) is 4.02. The molecule has 0 spiro atoms. The minimum Gasteiger partial charge on any atom is -0.492 e. The van der Waals surface area contributed by atoms with Gasteiger partial charge in [0, 0.05) is 18.7 Å². The van der Waals surface area contributed by atoms with E-state index in [9.17, 15) is 5.26 Å². The van der Waals surface area contributed by atoms with Gasteiger partial charge in [-0.2, -0.15) is 5.26 Å². The van der Waals surface area contributed by atoms with E-state index in [4.69, 9.17) is 9.47 Å². The molecule has 0 saturated carbocycles. The van der Waals surface area contributed by atoms with Gasteiger partial charge in [0.05, 0.1) is 5.56 Å². The fraction of sp³-hybridized carbons (Fsp3) is 0.296. The number of nitriles is 1. The SMILES string of the molecule is CCCN(Cc1ccccc1)[C@@H]1COc2cc(OCc3ccccc3)c(C#N)cc2C1. The lowest BCUT2D eigenvalue weighted by atomic mass is 9.98. The van der Waals surface area contributed by atoms with Crippen LogP contribution >= 0.6 is 0 Å². The normalized spacial score (nSPS) is 15.1. The number of nitrogens with zero attached hydrogens (tertiary/aromatic N) is 2. The highest BCUT2D eigenvalue weighted by Gasteiger charge is 2.26. The first-order valence-corrected chi connectivity index (χ1v) is 10.9. The first-order valence-electron chi connectivity index (χ1n) is 10.9. The van der Waals surface area contributed by atoms with E-state index >= 15 is 0 Å². The monoisotopic (exact) mass is 412 g/mol. The van der Waals surface area contributed by atoms with Crippen LogP contribution in [0.1, 0.15) is 35.6 Å². The molecule has 4 rings (SSSR count). The quantitative estimate of drug-likeness (QED) is 0.500. The zero-order valence-electron chi connectivity index (χ0n) is 18.0. The van der Waals surface area contributed by atoms with Crippen molar-refractivity contribution in [1.29, 1.82) is 5.26 Å². The van der Waals surface area contributed by atoms with Crippen LogP contribution in [-0.4, -0.2) is 24.1 Å². The number of rotatable bonds is 8. The summed E-state index contributed by atoms with van der Waals surface area (Å²) >= 11 is 0. The summed E-state index contributed by atoms with van der Waals surface area (Å²) in [4.78, 5) is 2.49. The molecule has 0 unspecified atom stereocenters. The van der Waals surface area contributed by atoms with E-state index in [0.29, 0.717) is 24.5 Å². The molecule has 0 radical (unpaired) electrons. The van der Waals surface area contributed by atoms with Gasteiger partial charge in [0.25, 0.3) is 0 Å². The maximum absolute atomic E-state index is 9.69. The van der Waals surface area contributed by atoms with E-state index in [1.54, 1.807) is 0 Å². The van der Waals surface area contributed by atoms with Gasteiger partial charge in [-0.3, -0.25) is 4.90 Å². The summed E-state index contributed by atoms with van der Waals surface area (Å²) < 4.78 is 12.1. The fourth-order valence-electron chi connectivity index (χ4n) is 4.07. The lowest BCUT2D eigenvalue weighted by molar-refractivity contribution is 0.112. The summed E-state index contributed by atoms with van der Waals surface area (Å²) in [5, 5.41) is 9.69. The van der Waals surface area contributed by atoms with Crippen molar-refractivity contribution in [2.24, 2.45) is 0 Å². The molecule has 1 aliphatic rings. The molecule has 4 nitrogen and oxygen atoms in total. The standard InChI is InChI=1S/C27H28N2O2/c1-2-13-29(18-21-9-5-3-6-10-21)25-15-23-14-24(17-28)27(16-26(23)31-20-25)30-19-22-11-7-4-8-12-22/h3-12,14,16,25H,2,13,15,18-20H2,1H3/t25-/m0/s1. The highest BCUT2D eigenvalue weighted by molar-refractivity contribution is 5.53. The van der Waals surface area contributed by atoms with E-state index in [-0.39, 0.29) is 6.04 Å². The second kappa shape index (κ2) is 10.1. The second-order valence-electron chi connectivity index (χ2n) is 7.97. The van der Waals surface area contributed by atoms with Gasteiger partial charge in [0.2, 0.25) is 0 Å². The van der Waals surface area contributed by atoms with Gasteiger partial charge in [-0.25, -0.2) is 0 Å². The van der Waals surface area contributed by atoms with Gasteiger partial charge >= 0.3 is 0 Å². The first kappa shape index (κ1) is 21.0. The molecule has 0 aliphatic carbocycles. The van der Waals surface area contributed by atoms with Crippen LogP contribution in [0.2, 0.25) is 0 Å². The molecule has 0 N–H and O–H groups in total. The van der Waals surface area contributed by atoms with E-state index < -0.39 is 0 Å². The minimum atomic E-state index is 0.287. The molecule has 0 bridgehead atoms. The summed E-state index contributed by atoms with van der Waals surface area (Å²) in [6.07, 6.45) is 1.96. The number of benzene rings is 3. The Bertz CT molecular complexity index is 1030. The molecule has 0 saturated heterocycles. The maximum atomic E-state index is 9.69. The zero-order valence-corrected chi connectivity index (χ0v) is 18.0. The van der Waals surface area contributed by atoms with Gasteiger partial charge in [0.15, 0.2) is 0 Å². The largest absolute Gasteiger partial charge is 0.492 e. The molecule has 1 heterocycles. The van der Waals surface area contributed by atoms with Crippen LogP contribution < -0.4 is 9.47 Å². The summed E-state index contributed by atoms with van der Waals surface area (Å²) in [5.74, 6) is 1.41. The van der Waals surface area contributed by atoms with Gasteiger partial charge in [-0.05, 0) is 42.1 Å². The summed E-state index contributed by atoms with van der Waals surface area (Å²) in [7, 11) is 0. The Labute approximate surface area is 184 Å². The molecule has 0 fully saturated rings. The summed E-state index contributed by atoms with van der Waals surface area (Å²) in [6, 6.07) is 26.9. The molecule has 1 atom stereocenters. The third kappa shape index (κ3) is 5.25. The lowest BCUT2D eigenvalue weighted by Gasteiger charge is -2.35. The smallest absolute Gasteiger partial charge is 0.141 e. The maximum Gasteiger partial charge on any atom is 0.141 e. The molecule has 31 heavy (non-hydrogen) atoms. The molecule has 3 aromatic rings. The van der Waals surface area contributed by atoms with Crippen LogP contribution in [0.4, 0.5) is 0 Å². The minimum absolute atomic E-state index is 0.287. The van der Waals surface area contributed by atoms with Crippen molar-refractivity contribution in [3.63, 3.8) is 0 Å². The Balaban J connectivity index is 1.49. The number of hydrogen-bond acceptors (Lipinski definition) is 4. The van der Waals surface area contributed by atoms with Crippen LogP contribution in [0.25, 0.3) is 0 Å². The Morgan fingerprint density at radius 3 is 2.42 bits per heavy atom. The van der Waals surface area contributed by atoms with Crippen molar-refractivity contribution < 1.29 is 9.47 Å². The van der Waals surface area contributed by atoms with Gasteiger partial charge < -0.3 is 9.47 Å². The van der Waals surface area contributed by atoms with Gasteiger partial charge in [-0.1, -0.05) is 67.6 Å². The Kier molecular flexibility index (Phi) is 6.86. The van der Waals surface area contributed by atoms with Crippen molar-refractivity contribution in [3.05, 3.63) is 95.1 Å². The highest BCUT2D eigenvalue weighted by Crippen LogP contribution is 2.34. The summed E-state index contributed by atoms with van der Waals surface area (Å²) in [6.45, 7) is 5.20. The fourth-order valence-corrected chi connectivity index (χ4v) is 4.07. The van der Waals surface area contributed by atoms with E-state index in [1.165, 1.54) is 5.56 Å². The zero-order chi connectivity index (χ0) is 21.5. The van der Waals surface area contributed by atoms with E-state index in [2.05, 4.69) is 48.2 Å². The molecule has 0 amide bonds. The molecule has 4 heteroatoms. The molecule has 158 valence electrons. The van der Waals surface area contributed by atoms with Crippen LogP contribution in [0.3, 0.4) is 0 Å². The predicted molar refractivity (Wildman–Crippen MR) is 122 cm³/mol. The van der Waals surface area contributed by atoms with Crippen molar-refractivity contribution in [2.75, 3.05) is 13.2 Å². The van der Waals surface area contributed by atoms with Crippen LogP contribution in [0.15, 0.2) is 72.8 Å². The van der Waals surface area contributed by atoms with Crippen LogP contribution in [-0.2, 0) is 19.6 Å². The van der Waals surface area contributed by atoms with Crippen LogP contribution in [0, 0.1) is 11.3 Å². The Morgan fingerprint density at radius 2 is 1.74 bits per heavy atom. The Morgan fingerprint density at radius 1 is 1.03 bits per heavy atom. The molecule has 0 aromatic heterocycles. The van der Waals surface area contributed by atoms with Gasteiger partial charge in [-0.15, -0.1) is 0 Å². The number of ether oxygens (including phenoxy) is 2. The molecular formula is C27H28N2O2. The van der Waals surface area contributed by atoms with Crippen molar-refractivity contribution >= 4 is 0 Å². The van der Waals surface area contributed by atoms with Crippen molar-refractivity contribution in [1.82, 2.24) is 4.90 Å². The first-order chi connectivity index (χ1) is 15.3. The third-order valence-corrected chi connectivity index (χ3v) is 5.66. The molecular weight excluding hydrogens is 384 g/mol. The highest BCUT2D eigenvalue weighted by atomic mass is 16.5. The van der Waals surface area contributed by atoms with Crippen molar-refractivity contribution in [2.45, 2.75) is 39.0 Å². The second-order valence-corrected chi connectivity index (χ2v) is 7.97. The Hall–Kier alpha value is -3.29. The van der Waals surface area contributed by atoms with Gasteiger partial charge in [0.1, 0.15) is 30.8 Å².